The number of rotatable bonds is 2. The maximum absolute atomic E-state index is 14.5. The Balaban J connectivity index is 1.84. The Labute approximate surface area is 153 Å². The predicted molar refractivity (Wildman–Crippen MR) is 112 cm³/mol. The minimum atomic E-state index is -2.89. The number of hydrogen-bond donors (Lipinski definition) is 0. The SMILES string of the molecule is O=P1(c2ccccc2)C(c2ccccc2)=Cc2cc3ccccc3cc21. The fraction of sp³-hybridized carbons (Fsp3) is 0. The molecule has 0 amide bonds. The molecular formula is C24H17OP. The minimum Gasteiger partial charge on any atom is -0.309 e. The van der Waals surface area contributed by atoms with Crippen molar-refractivity contribution in [3.8, 4) is 0 Å². The van der Waals surface area contributed by atoms with Crippen LogP contribution in [0.25, 0.3) is 22.2 Å². The molecule has 0 N–H and O–H groups in total. The zero-order chi connectivity index (χ0) is 17.6. The molecule has 0 aromatic heterocycles. The van der Waals surface area contributed by atoms with Gasteiger partial charge in [0.25, 0.3) is 0 Å². The maximum atomic E-state index is 14.5. The molecule has 0 radical (unpaired) electrons. The van der Waals surface area contributed by atoms with Crippen LogP contribution < -0.4 is 10.6 Å². The van der Waals surface area contributed by atoms with Crippen molar-refractivity contribution < 1.29 is 4.57 Å². The van der Waals surface area contributed by atoms with E-state index >= 15 is 0 Å². The van der Waals surface area contributed by atoms with Gasteiger partial charge < -0.3 is 4.57 Å². The lowest BCUT2D eigenvalue weighted by Gasteiger charge is -2.19. The highest BCUT2D eigenvalue weighted by Gasteiger charge is 2.38. The first-order chi connectivity index (χ1) is 12.8. The second-order valence-corrected chi connectivity index (χ2v) is 9.30. The third kappa shape index (κ3) is 2.21. The first kappa shape index (κ1) is 15.4. The molecular weight excluding hydrogens is 335 g/mol. The summed E-state index contributed by atoms with van der Waals surface area (Å²) >= 11 is 0. The summed E-state index contributed by atoms with van der Waals surface area (Å²) in [6.45, 7) is 0. The van der Waals surface area contributed by atoms with Crippen LogP contribution in [-0.4, -0.2) is 0 Å². The molecule has 2 heteroatoms. The molecule has 124 valence electrons. The smallest absolute Gasteiger partial charge is 0.172 e. The third-order valence-corrected chi connectivity index (χ3v) is 8.21. The topological polar surface area (TPSA) is 17.1 Å². The number of hydrogen-bond acceptors (Lipinski definition) is 1. The van der Waals surface area contributed by atoms with E-state index in [-0.39, 0.29) is 0 Å². The van der Waals surface area contributed by atoms with Crippen LogP contribution in [0.1, 0.15) is 11.1 Å². The van der Waals surface area contributed by atoms with Crippen LogP contribution in [-0.2, 0) is 4.57 Å². The zero-order valence-corrected chi connectivity index (χ0v) is 15.1. The van der Waals surface area contributed by atoms with E-state index in [4.69, 9.17) is 0 Å². The predicted octanol–water partition coefficient (Wildman–Crippen LogP) is 5.67. The van der Waals surface area contributed by atoms with Gasteiger partial charge in [-0.25, -0.2) is 0 Å². The zero-order valence-electron chi connectivity index (χ0n) is 14.2. The highest BCUT2D eigenvalue weighted by atomic mass is 31.2. The maximum Gasteiger partial charge on any atom is 0.172 e. The number of benzene rings is 4. The Bertz CT molecular complexity index is 1190. The Kier molecular flexibility index (Phi) is 3.45. The lowest BCUT2D eigenvalue weighted by atomic mass is 10.1. The normalized spacial score (nSPS) is 18.5. The standard InChI is InChI=1S/C24H17OP/c25-26(22-13-5-2-6-14-22)23(18-9-3-1-4-10-18)17-21-15-19-11-7-8-12-20(19)16-24(21)26/h1-17H. The van der Waals surface area contributed by atoms with Gasteiger partial charge in [-0.1, -0.05) is 84.9 Å². The van der Waals surface area contributed by atoms with Crippen LogP contribution in [0.2, 0.25) is 0 Å². The van der Waals surface area contributed by atoms with Crippen molar-refractivity contribution in [1.82, 2.24) is 0 Å². The van der Waals surface area contributed by atoms with E-state index in [2.05, 4.69) is 30.3 Å². The van der Waals surface area contributed by atoms with Crippen LogP contribution >= 0.6 is 7.14 Å². The number of fused-ring (bicyclic) bond motifs is 2. The van der Waals surface area contributed by atoms with Gasteiger partial charge in [0.05, 0.1) is 0 Å². The fourth-order valence-corrected chi connectivity index (χ4v) is 6.85. The van der Waals surface area contributed by atoms with Gasteiger partial charge in [0.15, 0.2) is 7.14 Å². The Morgan fingerprint density at radius 1 is 0.615 bits per heavy atom. The summed E-state index contributed by atoms with van der Waals surface area (Å²) in [5.41, 5.74) is 2.09. The quantitative estimate of drug-likeness (QED) is 0.425. The van der Waals surface area contributed by atoms with Crippen molar-refractivity contribution in [2.45, 2.75) is 0 Å². The molecule has 0 bridgehead atoms. The molecule has 1 aliphatic heterocycles. The molecule has 1 aliphatic rings. The van der Waals surface area contributed by atoms with Crippen LogP contribution in [0.5, 0.6) is 0 Å². The summed E-state index contributed by atoms with van der Waals surface area (Å²) in [5, 5.41) is 5.07. The Hall–Kier alpha value is -2.89. The van der Waals surface area contributed by atoms with Gasteiger partial charge in [-0.15, -0.1) is 0 Å². The van der Waals surface area contributed by atoms with E-state index in [9.17, 15) is 4.57 Å². The first-order valence-corrected chi connectivity index (χ1v) is 10.4. The van der Waals surface area contributed by atoms with Crippen LogP contribution in [0, 0.1) is 0 Å². The molecule has 1 atom stereocenters. The molecule has 1 heterocycles. The van der Waals surface area contributed by atoms with E-state index in [0.29, 0.717) is 0 Å². The summed E-state index contributed by atoms with van der Waals surface area (Å²) in [7, 11) is -2.89. The van der Waals surface area contributed by atoms with Crippen molar-refractivity contribution in [1.29, 1.82) is 0 Å². The summed E-state index contributed by atoms with van der Waals surface area (Å²) in [6, 6.07) is 32.5. The summed E-state index contributed by atoms with van der Waals surface area (Å²) in [6.07, 6.45) is 2.12. The van der Waals surface area contributed by atoms with Crippen molar-refractivity contribution >= 4 is 39.9 Å². The first-order valence-electron chi connectivity index (χ1n) is 8.73. The average Bonchev–Trinajstić information content (AvgIpc) is 3.01. The molecule has 1 unspecified atom stereocenters. The van der Waals surface area contributed by atoms with Crippen LogP contribution in [0.4, 0.5) is 0 Å². The van der Waals surface area contributed by atoms with E-state index in [1.54, 1.807) is 0 Å². The molecule has 0 aliphatic carbocycles. The van der Waals surface area contributed by atoms with Gasteiger partial charge in [-0.2, -0.15) is 0 Å². The molecule has 26 heavy (non-hydrogen) atoms. The second-order valence-electron chi connectivity index (χ2n) is 6.60. The molecule has 4 aromatic rings. The van der Waals surface area contributed by atoms with Crippen LogP contribution in [0.3, 0.4) is 0 Å². The fourth-order valence-electron chi connectivity index (χ4n) is 3.79. The lowest BCUT2D eigenvalue weighted by molar-refractivity contribution is 0.593. The average molecular weight is 352 g/mol. The second kappa shape index (κ2) is 5.83. The molecule has 0 saturated carbocycles. The van der Waals surface area contributed by atoms with Crippen molar-refractivity contribution in [2.24, 2.45) is 0 Å². The summed E-state index contributed by atoms with van der Waals surface area (Å²) < 4.78 is 14.5. The third-order valence-electron chi connectivity index (χ3n) is 5.06. The van der Waals surface area contributed by atoms with Crippen molar-refractivity contribution in [3.05, 3.63) is 108 Å². The minimum absolute atomic E-state index is 0.893. The highest BCUT2D eigenvalue weighted by molar-refractivity contribution is 7.88. The Morgan fingerprint density at radius 2 is 1.19 bits per heavy atom. The van der Waals surface area contributed by atoms with E-state index in [1.807, 2.05) is 72.8 Å². The van der Waals surface area contributed by atoms with Gasteiger partial charge in [0.1, 0.15) is 0 Å². The van der Waals surface area contributed by atoms with Crippen LogP contribution in [0.15, 0.2) is 97.1 Å². The van der Waals surface area contributed by atoms with Crippen molar-refractivity contribution in [3.63, 3.8) is 0 Å². The van der Waals surface area contributed by atoms with Gasteiger partial charge in [-0.3, -0.25) is 0 Å². The summed E-state index contributed by atoms with van der Waals surface area (Å²) in [4.78, 5) is 0. The van der Waals surface area contributed by atoms with Gasteiger partial charge in [0.2, 0.25) is 0 Å². The van der Waals surface area contributed by atoms with E-state index in [0.717, 1.165) is 32.4 Å². The van der Waals surface area contributed by atoms with E-state index in [1.165, 1.54) is 5.39 Å². The Morgan fingerprint density at radius 3 is 1.88 bits per heavy atom. The van der Waals surface area contributed by atoms with Gasteiger partial charge in [-0.05, 0) is 40.1 Å². The highest BCUT2D eigenvalue weighted by Crippen LogP contribution is 2.61. The molecule has 4 aromatic carbocycles. The monoisotopic (exact) mass is 352 g/mol. The van der Waals surface area contributed by atoms with Crippen molar-refractivity contribution in [2.75, 3.05) is 0 Å². The molecule has 5 rings (SSSR count). The largest absolute Gasteiger partial charge is 0.309 e. The van der Waals surface area contributed by atoms with Gasteiger partial charge in [0, 0.05) is 15.9 Å². The molecule has 0 saturated heterocycles. The van der Waals surface area contributed by atoms with Gasteiger partial charge >= 0.3 is 0 Å². The molecule has 0 fully saturated rings. The molecule has 1 nitrogen and oxygen atoms in total. The lowest BCUT2D eigenvalue weighted by Crippen LogP contribution is -2.15. The summed E-state index contributed by atoms with van der Waals surface area (Å²) in [5.74, 6) is 0. The van der Waals surface area contributed by atoms with E-state index < -0.39 is 7.14 Å². The molecule has 0 spiro atoms.